The van der Waals surface area contributed by atoms with Crippen LogP contribution in [0.25, 0.3) is 0 Å². The molecule has 11 unspecified atom stereocenters. The molecule has 6 N–H and O–H groups in total. The molecule has 0 aromatic rings. The summed E-state index contributed by atoms with van der Waals surface area (Å²) in [6.45, 7) is 4.14. The van der Waals surface area contributed by atoms with Gasteiger partial charge in [0.2, 0.25) is 0 Å². The molecule has 6 nitrogen and oxygen atoms in total. The van der Waals surface area contributed by atoms with Gasteiger partial charge in [-0.2, -0.15) is 13.2 Å². The number of likely N-dealkylation sites (tertiary alicyclic amines) is 1. The molecule has 2 saturated heterocycles. The van der Waals surface area contributed by atoms with Crippen LogP contribution in [0.2, 0.25) is 0 Å². The van der Waals surface area contributed by atoms with E-state index in [4.69, 9.17) is 5.73 Å². The standard InChI is InChI=1S/C23H42F3N5O/c1-12(15-8-16(23(24,25)26)11-17(27)9-15)28-22-18-10-14(20-6-7-21(32)31(20)3)4-5-19(18)29-13(2)30-22/h12-22,28-30,32H,4-11,27H2,1-3H3. The Kier molecular flexibility index (Phi) is 7.45. The molecule has 0 aromatic carbocycles. The average Bonchev–Trinajstić information content (AvgIpc) is 3.05. The minimum absolute atomic E-state index is 0.0361. The zero-order chi connectivity index (χ0) is 23.2. The van der Waals surface area contributed by atoms with E-state index in [9.17, 15) is 18.3 Å². The number of nitrogens with two attached hydrogens (primary N) is 1. The number of hydrogen-bond acceptors (Lipinski definition) is 6. The van der Waals surface area contributed by atoms with Gasteiger partial charge in [-0.1, -0.05) is 0 Å². The number of fused-ring (bicyclic) bond motifs is 1. The molecule has 0 spiro atoms. The molecule has 9 heteroatoms. The van der Waals surface area contributed by atoms with Gasteiger partial charge in [0.15, 0.2) is 0 Å². The van der Waals surface area contributed by atoms with Crippen molar-refractivity contribution in [3.05, 3.63) is 0 Å². The zero-order valence-corrected chi connectivity index (χ0v) is 19.6. The number of aliphatic hydroxyl groups is 1. The molecule has 2 aliphatic carbocycles. The second-order valence-electron chi connectivity index (χ2n) is 11.1. The summed E-state index contributed by atoms with van der Waals surface area (Å²) in [4.78, 5) is 2.13. The van der Waals surface area contributed by atoms with E-state index in [0.717, 1.165) is 32.1 Å². The van der Waals surface area contributed by atoms with Crippen molar-refractivity contribution in [2.75, 3.05) is 7.05 Å². The molecule has 0 bridgehead atoms. The highest BCUT2D eigenvalue weighted by Crippen LogP contribution is 2.42. The van der Waals surface area contributed by atoms with Crippen molar-refractivity contribution in [3.63, 3.8) is 0 Å². The van der Waals surface area contributed by atoms with Crippen molar-refractivity contribution in [2.45, 2.75) is 114 Å². The van der Waals surface area contributed by atoms with Crippen LogP contribution in [0.4, 0.5) is 13.2 Å². The van der Waals surface area contributed by atoms with Crippen LogP contribution in [0, 0.1) is 23.7 Å². The topological polar surface area (TPSA) is 85.6 Å². The average molecular weight is 462 g/mol. The lowest BCUT2D eigenvalue weighted by atomic mass is 9.71. The number of alkyl halides is 3. The minimum Gasteiger partial charge on any atom is -0.378 e. The molecular weight excluding hydrogens is 419 g/mol. The van der Waals surface area contributed by atoms with E-state index in [1.807, 2.05) is 14.0 Å². The van der Waals surface area contributed by atoms with E-state index in [0.29, 0.717) is 30.3 Å². The van der Waals surface area contributed by atoms with Crippen molar-refractivity contribution in [3.8, 4) is 0 Å². The molecule has 2 saturated carbocycles. The fourth-order valence-electron chi connectivity index (χ4n) is 7.12. The van der Waals surface area contributed by atoms with Gasteiger partial charge in [0, 0.05) is 30.1 Å². The first-order chi connectivity index (χ1) is 15.0. The number of hydrogen-bond donors (Lipinski definition) is 5. The van der Waals surface area contributed by atoms with E-state index < -0.39 is 12.1 Å². The third-order valence-electron chi connectivity index (χ3n) is 8.91. The quantitative estimate of drug-likeness (QED) is 0.442. The first-order valence-electron chi connectivity index (χ1n) is 12.5. The SMILES string of the molecule is CC1NC2CCC(C3CCC(O)N3C)CC2C(NC(C)C2CC(N)CC(C(F)(F)F)C2)N1. The molecule has 2 aliphatic heterocycles. The van der Waals surface area contributed by atoms with E-state index in [1.165, 1.54) is 0 Å². The normalized spacial score (nSPS) is 47.2. The van der Waals surface area contributed by atoms with E-state index >= 15 is 0 Å². The predicted molar refractivity (Wildman–Crippen MR) is 118 cm³/mol. The molecule has 4 rings (SSSR count). The highest BCUT2D eigenvalue weighted by molar-refractivity contribution is 5.00. The Bertz CT molecular complexity index is 637. The Morgan fingerprint density at radius 3 is 2.47 bits per heavy atom. The molecule has 186 valence electrons. The second-order valence-corrected chi connectivity index (χ2v) is 11.1. The lowest BCUT2D eigenvalue weighted by Gasteiger charge is -2.50. The minimum atomic E-state index is -4.17. The number of halogens is 3. The number of rotatable bonds is 4. The molecule has 11 atom stereocenters. The maximum Gasteiger partial charge on any atom is 0.391 e. The first-order valence-corrected chi connectivity index (χ1v) is 12.5. The molecule has 4 fully saturated rings. The van der Waals surface area contributed by atoms with Crippen molar-refractivity contribution in [1.82, 2.24) is 20.9 Å². The third-order valence-corrected chi connectivity index (χ3v) is 8.91. The van der Waals surface area contributed by atoms with Crippen LogP contribution < -0.4 is 21.7 Å². The second kappa shape index (κ2) is 9.66. The maximum absolute atomic E-state index is 13.4. The van der Waals surface area contributed by atoms with Gasteiger partial charge in [0.25, 0.3) is 0 Å². The van der Waals surface area contributed by atoms with Crippen LogP contribution in [0.15, 0.2) is 0 Å². The summed E-state index contributed by atoms with van der Waals surface area (Å²) in [5.74, 6) is -0.468. The maximum atomic E-state index is 13.4. The van der Waals surface area contributed by atoms with Crippen LogP contribution >= 0.6 is 0 Å². The van der Waals surface area contributed by atoms with Gasteiger partial charge in [0.1, 0.15) is 6.23 Å². The Morgan fingerprint density at radius 2 is 1.81 bits per heavy atom. The van der Waals surface area contributed by atoms with Gasteiger partial charge in [-0.25, -0.2) is 0 Å². The fraction of sp³-hybridized carbons (Fsp3) is 1.00. The van der Waals surface area contributed by atoms with Crippen molar-refractivity contribution < 1.29 is 18.3 Å². The Morgan fingerprint density at radius 1 is 1.06 bits per heavy atom. The summed E-state index contributed by atoms with van der Waals surface area (Å²) in [5, 5.41) is 21.2. The monoisotopic (exact) mass is 461 g/mol. The molecule has 0 radical (unpaired) electrons. The van der Waals surface area contributed by atoms with Crippen LogP contribution in [0.1, 0.15) is 65.2 Å². The van der Waals surface area contributed by atoms with Crippen molar-refractivity contribution >= 4 is 0 Å². The molecule has 2 heterocycles. The van der Waals surface area contributed by atoms with Crippen LogP contribution in [0.3, 0.4) is 0 Å². The summed E-state index contributed by atoms with van der Waals surface area (Å²) in [6, 6.07) is 0.388. The Balaban J connectivity index is 1.42. The highest BCUT2D eigenvalue weighted by Gasteiger charge is 2.47. The largest absolute Gasteiger partial charge is 0.391 e. The van der Waals surface area contributed by atoms with Gasteiger partial charge in [0.05, 0.1) is 18.2 Å². The molecule has 4 aliphatic rings. The van der Waals surface area contributed by atoms with Gasteiger partial charge < -0.3 is 10.8 Å². The van der Waals surface area contributed by atoms with Crippen LogP contribution in [-0.2, 0) is 0 Å². The van der Waals surface area contributed by atoms with Crippen LogP contribution in [0.5, 0.6) is 0 Å². The summed E-state index contributed by atoms with van der Waals surface area (Å²) in [6.07, 6.45) is 1.72. The van der Waals surface area contributed by atoms with E-state index in [-0.39, 0.29) is 49.4 Å². The Labute approximate surface area is 190 Å². The number of aliphatic hydroxyl groups excluding tert-OH is 1. The smallest absolute Gasteiger partial charge is 0.378 e. The molecule has 0 amide bonds. The third kappa shape index (κ3) is 5.28. The van der Waals surface area contributed by atoms with Crippen molar-refractivity contribution in [1.29, 1.82) is 0 Å². The summed E-state index contributed by atoms with van der Waals surface area (Å²) in [7, 11) is 2.02. The van der Waals surface area contributed by atoms with E-state index in [2.05, 4.69) is 27.8 Å². The van der Waals surface area contributed by atoms with Crippen LogP contribution in [-0.4, -0.2) is 66.0 Å². The molecular formula is C23H42F3N5O. The van der Waals surface area contributed by atoms with E-state index in [1.54, 1.807) is 0 Å². The predicted octanol–water partition coefficient (Wildman–Crippen LogP) is 2.33. The highest BCUT2D eigenvalue weighted by atomic mass is 19.4. The van der Waals surface area contributed by atoms with Crippen molar-refractivity contribution in [2.24, 2.45) is 29.4 Å². The van der Waals surface area contributed by atoms with Gasteiger partial charge in [-0.05, 0) is 84.1 Å². The zero-order valence-electron chi connectivity index (χ0n) is 19.6. The summed E-state index contributed by atoms with van der Waals surface area (Å²) < 4.78 is 40.2. The molecule has 0 aromatic heterocycles. The van der Waals surface area contributed by atoms with Gasteiger partial charge >= 0.3 is 6.18 Å². The summed E-state index contributed by atoms with van der Waals surface area (Å²) >= 11 is 0. The first kappa shape index (κ1) is 24.7. The lowest BCUT2D eigenvalue weighted by Crippen LogP contribution is -2.69. The number of nitrogens with zero attached hydrogens (tertiary/aromatic N) is 1. The van der Waals surface area contributed by atoms with Gasteiger partial charge in [-0.3, -0.25) is 20.9 Å². The Hall–Kier alpha value is -0.450. The lowest BCUT2D eigenvalue weighted by molar-refractivity contribution is -0.188. The fourth-order valence-corrected chi connectivity index (χ4v) is 7.12. The number of nitrogens with one attached hydrogen (secondary N) is 3. The summed E-state index contributed by atoms with van der Waals surface area (Å²) in [5.41, 5.74) is 6.05. The molecule has 32 heavy (non-hydrogen) atoms. The van der Waals surface area contributed by atoms with Gasteiger partial charge in [-0.15, -0.1) is 0 Å².